The van der Waals surface area contributed by atoms with E-state index in [-0.39, 0.29) is 0 Å². The predicted octanol–water partition coefficient (Wildman–Crippen LogP) is 9.19. The first-order chi connectivity index (χ1) is 20.9. The molecule has 302 valence electrons. The average molecular weight is 834 g/mol. The lowest BCUT2D eigenvalue weighted by Crippen LogP contribution is -2.70. The van der Waals surface area contributed by atoms with Gasteiger partial charge in [0.1, 0.15) is 0 Å². The molecule has 1 N–H and O–H groups in total. The van der Waals surface area contributed by atoms with Crippen LogP contribution in [0.3, 0.4) is 0 Å². The van der Waals surface area contributed by atoms with Crippen LogP contribution in [0.5, 0.6) is 0 Å². The van der Waals surface area contributed by atoms with E-state index >= 15 is 0 Å². The maximum Gasteiger partial charge on any atom is 0.460 e. The van der Waals surface area contributed by atoms with Crippen molar-refractivity contribution < 1.29 is 155 Å². The molecule has 0 heterocycles. The summed E-state index contributed by atoms with van der Waals surface area (Å²) in [5.41, 5.74) is 0. The number of ether oxygens (including phenoxy) is 3. The summed E-state index contributed by atoms with van der Waals surface area (Å²) < 4.78 is 405. The lowest BCUT2D eigenvalue weighted by atomic mass is 10.0. The summed E-state index contributed by atoms with van der Waals surface area (Å²) in [5, 5.41) is 7.84. The van der Waals surface area contributed by atoms with E-state index in [1.807, 2.05) is 0 Å². The topological polar surface area (TPSA) is 47.9 Å². The highest BCUT2D eigenvalue weighted by molar-refractivity contribution is 5.05. The zero-order chi connectivity index (χ0) is 41.6. The Morgan fingerprint density at radius 2 is 0.420 bits per heavy atom. The Morgan fingerprint density at radius 3 is 0.620 bits per heavy atom. The molecular formula is C15HF31O4. The monoisotopic (exact) mass is 834 g/mol. The lowest BCUT2D eigenvalue weighted by Gasteiger charge is -2.40. The van der Waals surface area contributed by atoms with Crippen LogP contribution in [0.4, 0.5) is 136 Å². The Kier molecular flexibility index (Phi) is 11.3. The largest absolute Gasteiger partial charge is 0.460 e. The highest BCUT2D eigenvalue weighted by atomic mass is 19.4. The van der Waals surface area contributed by atoms with Gasteiger partial charge in [0.15, 0.2) is 0 Å². The van der Waals surface area contributed by atoms with Crippen molar-refractivity contribution in [2.24, 2.45) is 0 Å². The Bertz CT molecular complexity index is 1210. The first-order valence-corrected chi connectivity index (χ1v) is 10.1. The van der Waals surface area contributed by atoms with Gasteiger partial charge in [-0.2, -0.15) is 136 Å². The van der Waals surface area contributed by atoms with E-state index in [4.69, 9.17) is 5.11 Å². The molecule has 1 atom stereocenters. The molecule has 0 fully saturated rings. The smallest absolute Gasteiger partial charge is 0.350 e. The van der Waals surface area contributed by atoms with E-state index in [9.17, 15) is 136 Å². The van der Waals surface area contributed by atoms with Crippen LogP contribution in [0.2, 0.25) is 0 Å². The number of halogens is 31. The van der Waals surface area contributed by atoms with E-state index in [0.29, 0.717) is 0 Å². The van der Waals surface area contributed by atoms with Gasteiger partial charge in [-0.25, -0.2) is 14.2 Å². The maximum absolute atomic E-state index is 13.5. The average Bonchev–Trinajstić information content (AvgIpc) is 2.79. The van der Waals surface area contributed by atoms with Gasteiger partial charge in [-0.3, -0.25) is 0 Å². The van der Waals surface area contributed by atoms with Crippen LogP contribution in [0.25, 0.3) is 0 Å². The van der Waals surface area contributed by atoms with Crippen molar-refractivity contribution in [3.8, 4) is 0 Å². The number of hydrogen-bond acceptors (Lipinski definition) is 4. The van der Waals surface area contributed by atoms with E-state index in [2.05, 4.69) is 0 Å². The Morgan fingerprint density at radius 1 is 0.220 bits per heavy atom. The fourth-order valence-electron chi connectivity index (χ4n) is 2.14. The third-order valence-electron chi connectivity index (χ3n) is 4.90. The molecule has 0 rings (SSSR count). The van der Waals surface area contributed by atoms with Crippen LogP contribution in [0.1, 0.15) is 0 Å². The summed E-state index contributed by atoms with van der Waals surface area (Å²) in [5.74, 6) is -60.7. The van der Waals surface area contributed by atoms with Crippen LogP contribution in [0, 0.1) is 0 Å². The molecule has 0 aromatic carbocycles. The minimum atomic E-state index is -9.05. The molecule has 0 bridgehead atoms. The zero-order valence-electron chi connectivity index (χ0n) is 20.9. The zero-order valence-corrected chi connectivity index (χ0v) is 20.9. The quantitative estimate of drug-likeness (QED) is 0.167. The van der Waals surface area contributed by atoms with Crippen LogP contribution >= 0.6 is 0 Å². The SMILES string of the molecule is OC(F)(C(F)(F)F)C(F)(F)C(F)(F)OC(F)(F)C(F)(F)C(F)(F)OC(F)(F)C(F)(F)C(F)(F)OC(F)(F)C(F)(F)C(F)(F)C(F)(F)C(F)(F)F. The van der Waals surface area contributed by atoms with Crippen molar-refractivity contribution in [1.82, 2.24) is 0 Å². The summed E-state index contributed by atoms with van der Waals surface area (Å²) in [6.07, 6.45) is -68.5. The second kappa shape index (κ2) is 11.8. The lowest BCUT2D eigenvalue weighted by molar-refractivity contribution is -0.564. The van der Waals surface area contributed by atoms with Gasteiger partial charge in [0, 0.05) is 0 Å². The van der Waals surface area contributed by atoms with Crippen LogP contribution in [0.15, 0.2) is 0 Å². The fraction of sp³-hybridized carbons (Fsp3) is 1.00. The van der Waals surface area contributed by atoms with Crippen molar-refractivity contribution in [3.63, 3.8) is 0 Å². The van der Waals surface area contributed by atoms with Crippen molar-refractivity contribution in [3.05, 3.63) is 0 Å². The fourth-order valence-corrected chi connectivity index (χ4v) is 2.14. The molecular weight excluding hydrogens is 833 g/mol. The molecule has 50 heavy (non-hydrogen) atoms. The van der Waals surface area contributed by atoms with Crippen molar-refractivity contribution in [2.75, 3.05) is 0 Å². The molecule has 0 radical (unpaired) electrons. The first kappa shape index (κ1) is 47.7. The summed E-state index contributed by atoms with van der Waals surface area (Å²) >= 11 is 0. The van der Waals surface area contributed by atoms with Crippen molar-refractivity contribution in [2.45, 2.75) is 90.4 Å². The molecule has 1 unspecified atom stereocenters. The van der Waals surface area contributed by atoms with Crippen LogP contribution in [-0.2, 0) is 14.2 Å². The van der Waals surface area contributed by atoms with Gasteiger partial charge in [-0.1, -0.05) is 0 Å². The third-order valence-corrected chi connectivity index (χ3v) is 4.90. The van der Waals surface area contributed by atoms with E-state index in [1.165, 1.54) is 0 Å². The Labute approximate surface area is 247 Å². The predicted molar refractivity (Wildman–Crippen MR) is 80.8 cm³/mol. The number of rotatable bonds is 15. The summed E-state index contributed by atoms with van der Waals surface area (Å²) in [6, 6.07) is 0. The van der Waals surface area contributed by atoms with Gasteiger partial charge >= 0.3 is 90.4 Å². The molecule has 0 aromatic heterocycles. The third kappa shape index (κ3) is 6.93. The molecule has 35 heteroatoms. The van der Waals surface area contributed by atoms with Crippen molar-refractivity contribution >= 4 is 0 Å². The highest BCUT2D eigenvalue weighted by Crippen LogP contribution is 2.61. The van der Waals surface area contributed by atoms with Gasteiger partial charge in [-0.05, 0) is 0 Å². The molecule has 0 aliphatic carbocycles. The van der Waals surface area contributed by atoms with E-state index in [0.717, 1.165) is 14.2 Å². The Balaban J connectivity index is 6.81. The van der Waals surface area contributed by atoms with Crippen LogP contribution in [-0.4, -0.2) is 95.5 Å². The summed E-state index contributed by atoms with van der Waals surface area (Å²) in [7, 11) is 0. The molecule has 0 aromatic rings. The summed E-state index contributed by atoms with van der Waals surface area (Å²) in [4.78, 5) is 0. The van der Waals surface area contributed by atoms with Gasteiger partial charge < -0.3 is 5.11 Å². The number of hydrogen-bond donors (Lipinski definition) is 1. The van der Waals surface area contributed by atoms with Gasteiger partial charge in [0.25, 0.3) is 0 Å². The van der Waals surface area contributed by atoms with Crippen LogP contribution < -0.4 is 0 Å². The molecule has 0 saturated heterocycles. The van der Waals surface area contributed by atoms with E-state index in [1.54, 1.807) is 0 Å². The second-order valence-electron chi connectivity index (χ2n) is 8.47. The molecule has 0 amide bonds. The molecule has 0 aliphatic heterocycles. The normalized spacial score (nSPS) is 18.0. The number of aliphatic hydroxyl groups is 1. The van der Waals surface area contributed by atoms with Gasteiger partial charge in [-0.15, -0.1) is 0 Å². The standard InChI is InChI=1S/C15HF31O4/c16-1(17,2(18,19)8(29,30)31)3(20,21)10(35,36)48-12(39,40)5(24,25)14(43,44)50-15(45,46)6(26,27)13(41,42)49-11(37,38)4(22,23)7(28,47)9(32,33)34/h47H. The molecule has 4 nitrogen and oxygen atoms in total. The van der Waals surface area contributed by atoms with Gasteiger partial charge in [0.2, 0.25) is 0 Å². The molecule has 0 aliphatic rings. The first-order valence-electron chi connectivity index (χ1n) is 10.1. The Hall–Kier alpha value is -2.33. The second-order valence-corrected chi connectivity index (χ2v) is 8.47. The number of alkyl halides is 31. The summed E-state index contributed by atoms with van der Waals surface area (Å²) in [6.45, 7) is 0. The van der Waals surface area contributed by atoms with E-state index < -0.39 is 90.4 Å². The minimum Gasteiger partial charge on any atom is -0.350 e. The highest BCUT2D eigenvalue weighted by Gasteiger charge is 2.91. The van der Waals surface area contributed by atoms with Crippen molar-refractivity contribution in [1.29, 1.82) is 0 Å². The molecule has 0 saturated carbocycles. The molecule has 0 spiro atoms. The van der Waals surface area contributed by atoms with Gasteiger partial charge in [0.05, 0.1) is 0 Å². The minimum absolute atomic E-state index is 0.719. The maximum atomic E-state index is 13.5.